The summed E-state index contributed by atoms with van der Waals surface area (Å²) in [4.78, 5) is 30.1. The van der Waals surface area contributed by atoms with Gasteiger partial charge in [0.25, 0.3) is 11.8 Å². The Labute approximate surface area is 167 Å². The van der Waals surface area contributed by atoms with Gasteiger partial charge in [-0.05, 0) is 43.3 Å². The molecule has 144 valence electrons. The Morgan fingerprint density at radius 1 is 0.931 bits per heavy atom. The van der Waals surface area contributed by atoms with Crippen LogP contribution in [0.15, 0.2) is 77.4 Å². The van der Waals surface area contributed by atoms with Gasteiger partial charge in [-0.25, -0.2) is 0 Å². The number of carbonyl (C=O) groups excluding carboxylic acids is 2. The Morgan fingerprint density at radius 2 is 1.72 bits per heavy atom. The van der Waals surface area contributed by atoms with Crippen LogP contribution in [0.2, 0.25) is 0 Å². The fraction of sp³-hybridized carbons (Fsp3) is 0.0870. The molecule has 0 unspecified atom stereocenters. The van der Waals surface area contributed by atoms with Crippen molar-refractivity contribution in [1.82, 2.24) is 10.3 Å². The van der Waals surface area contributed by atoms with Gasteiger partial charge in [0.2, 0.25) is 0 Å². The van der Waals surface area contributed by atoms with Crippen LogP contribution in [0, 0.1) is 6.92 Å². The first-order valence-electron chi connectivity index (χ1n) is 9.19. The molecule has 0 fully saturated rings. The van der Waals surface area contributed by atoms with E-state index in [1.165, 1.54) is 0 Å². The number of anilines is 1. The van der Waals surface area contributed by atoms with Crippen molar-refractivity contribution in [2.75, 3.05) is 5.32 Å². The third kappa shape index (κ3) is 4.01. The Hall–Kier alpha value is -3.93. The molecule has 0 saturated heterocycles. The Balaban J connectivity index is 1.59. The normalized spacial score (nSPS) is 10.7. The van der Waals surface area contributed by atoms with Gasteiger partial charge < -0.3 is 15.1 Å². The maximum absolute atomic E-state index is 13.0. The maximum atomic E-state index is 13.0. The maximum Gasteiger partial charge on any atom is 0.256 e. The number of nitrogens with one attached hydrogen (secondary N) is 2. The molecule has 6 heteroatoms. The van der Waals surface area contributed by atoms with Crippen molar-refractivity contribution >= 4 is 28.4 Å². The molecule has 2 amide bonds. The first kappa shape index (κ1) is 18.4. The van der Waals surface area contributed by atoms with Gasteiger partial charge in [-0.2, -0.15) is 0 Å². The Morgan fingerprint density at radius 3 is 2.55 bits per heavy atom. The van der Waals surface area contributed by atoms with Crippen LogP contribution in [0.3, 0.4) is 0 Å². The number of hydrogen-bond donors (Lipinski definition) is 2. The van der Waals surface area contributed by atoms with Gasteiger partial charge >= 0.3 is 0 Å². The number of amides is 2. The van der Waals surface area contributed by atoms with Crippen LogP contribution in [0.25, 0.3) is 10.9 Å². The number of furan rings is 1. The molecule has 0 saturated carbocycles. The number of nitrogens with zero attached hydrogens (tertiary/aromatic N) is 1. The summed E-state index contributed by atoms with van der Waals surface area (Å²) in [6, 6.07) is 19.7. The average Bonchev–Trinajstić information content (AvgIpc) is 3.25. The molecule has 0 aliphatic heterocycles. The summed E-state index contributed by atoms with van der Waals surface area (Å²) in [5.74, 6) is 0.0599. The lowest BCUT2D eigenvalue weighted by molar-refractivity contribution is 0.0949. The highest BCUT2D eigenvalue weighted by Crippen LogP contribution is 2.21. The van der Waals surface area contributed by atoms with Crippen molar-refractivity contribution in [1.29, 1.82) is 0 Å². The lowest BCUT2D eigenvalue weighted by Gasteiger charge is -2.12. The monoisotopic (exact) mass is 385 g/mol. The van der Waals surface area contributed by atoms with Crippen molar-refractivity contribution in [3.05, 3.63) is 95.6 Å². The number of para-hydroxylation sites is 2. The van der Waals surface area contributed by atoms with Crippen LogP contribution < -0.4 is 10.6 Å². The fourth-order valence-corrected chi connectivity index (χ4v) is 3.15. The lowest BCUT2D eigenvalue weighted by Crippen LogP contribution is -2.24. The summed E-state index contributed by atoms with van der Waals surface area (Å²) in [5.41, 5.74) is 2.83. The molecule has 29 heavy (non-hydrogen) atoms. The van der Waals surface area contributed by atoms with Crippen molar-refractivity contribution in [2.45, 2.75) is 13.5 Å². The van der Waals surface area contributed by atoms with E-state index >= 15 is 0 Å². The highest BCUT2D eigenvalue weighted by molar-refractivity contribution is 6.14. The second kappa shape index (κ2) is 7.98. The summed E-state index contributed by atoms with van der Waals surface area (Å²) < 4.78 is 5.23. The van der Waals surface area contributed by atoms with E-state index in [1.54, 1.807) is 48.7 Å². The minimum absolute atomic E-state index is 0.266. The standard InChI is InChI=1S/C23H19N3O3/c1-15-13-19(17-8-2-4-10-20(17)25-15)23(28)26-21-11-5-3-9-18(21)22(27)24-14-16-7-6-12-29-16/h2-13H,14H2,1H3,(H,24,27)(H,26,28). The number of aryl methyl sites for hydroxylation is 1. The molecular formula is C23H19N3O3. The highest BCUT2D eigenvalue weighted by atomic mass is 16.3. The van der Waals surface area contributed by atoms with Gasteiger partial charge in [-0.3, -0.25) is 14.6 Å². The zero-order chi connectivity index (χ0) is 20.2. The number of benzene rings is 2. The number of carbonyl (C=O) groups is 2. The third-order valence-electron chi connectivity index (χ3n) is 4.51. The van der Waals surface area contributed by atoms with Gasteiger partial charge in [0.05, 0.1) is 35.1 Å². The molecule has 0 aliphatic rings. The second-order valence-electron chi connectivity index (χ2n) is 6.59. The number of fused-ring (bicyclic) bond motifs is 1. The summed E-state index contributed by atoms with van der Waals surface area (Å²) >= 11 is 0. The summed E-state index contributed by atoms with van der Waals surface area (Å²) in [6.07, 6.45) is 1.55. The van der Waals surface area contributed by atoms with Gasteiger partial charge in [-0.15, -0.1) is 0 Å². The first-order chi connectivity index (χ1) is 14.1. The van der Waals surface area contributed by atoms with Crippen molar-refractivity contribution in [3.8, 4) is 0 Å². The predicted molar refractivity (Wildman–Crippen MR) is 111 cm³/mol. The van der Waals surface area contributed by atoms with Crippen LogP contribution in [0.4, 0.5) is 5.69 Å². The predicted octanol–water partition coefficient (Wildman–Crippen LogP) is 4.32. The zero-order valence-electron chi connectivity index (χ0n) is 15.8. The Kier molecular flexibility index (Phi) is 5.07. The van der Waals surface area contributed by atoms with Crippen molar-refractivity contribution in [2.24, 2.45) is 0 Å². The minimum Gasteiger partial charge on any atom is -0.467 e. The van der Waals surface area contributed by atoms with Crippen molar-refractivity contribution in [3.63, 3.8) is 0 Å². The van der Waals surface area contributed by atoms with Crippen LogP contribution in [0.1, 0.15) is 32.2 Å². The molecular weight excluding hydrogens is 366 g/mol. The molecule has 0 atom stereocenters. The van der Waals surface area contributed by atoms with Crippen LogP contribution in [-0.4, -0.2) is 16.8 Å². The van der Waals surface area contributed by atoms with E-state index in [-0.39, 0.29) is 18.4 Å². The van der Waals surface area contributed by atoms with E-state index in [0.717, 1.165) is 16.6 Å². The molecule has 4 rings (SSSR count). The highest BCUT2D eigenvalue weighted by Gasteiger charge is 2.16. The first-order valence-corrected chi connectivity index (χ1v) is 9.19. The molecule has 2 heterocycles. The molecule has 6 nitrogen and oxygen atoms in total. The van der Waals surface area contributed by atoms with Gasteiger partial charge in [-0.1, -0.05) is 30.3 Å². The van der Waals surface area contributed by atoms with Crippen molar-refractivity contribution < 1.29 is 14.0 Å². The third-order valence-corrected chi connectivity index (χ3v) is 4.51. The largest absolute Gasteiger partial charge is 0.467 e. The minimum atomic E-state index is -0.298. The average molecular weight is 385 g/mol. The number of aromatic nitrogens is 1. The summed E-state index contributed by atoms with van der Waals surface area (Å²) in [5, 5.41) is 6.43. The zero-order valence-corrected chi connectivity index (χ0v) is 15.8. The van der Waals surface area contributed by atoms with E-state index < -0.39 is 0 Å². The fourth-order valence-electron chi connectivity index (χ4n) is 3.15. The van der Waals surface area contributed by atoms with E-state index in [9.17, 15) is 9.59 Å². The van der Waals surface area contributed by atoms with Crippen LogP contribution >= 0.6 is 0 Å². The molecule has 2 N–H and O–H groups in total. The molecule has 4 aromatic rings. The van der Waals surface area contributed by atoms with E-state index in [2.05, 4.69) is 15.6 Å². The molecule has 0 radical (unpaired) electrons. The van der Waals surface area contributed by atoms with Crippen LogP contribution in [0.5, 0.6) is 0 Å². The quantitative estimate of drug-likeness (QED) is 0.536. The summed E-state index contributed by atoms with van der Waals surface area (Å²) in [7, 11) is 0. The SMILES string of the molecule is Cc1cc(C(=O)Nc2ccccc2C(=O)NCc2ccco2)c2ccccc2n1. The second-order valence-corrected chi connectivity index (χ2v) is 6.59. The molecule has 2 aromatic carbocycles. The molecule has 0 bridgehead atoms. The summed E-state index contributed by atoms with van der Waals surface area (Å²) in [6.45, 7) is 2.11. The van der Waals surface area contributed by atoms with E-state index in [4.69, 9.17) is 4.42 Å². The number of rotatable bonds is 5. The Bertz CT molecular complexity index is 1180. The van der Waals surface area contributed by atoms with Gasteiger partial charge in [0.1, 0.15) is 5.76 Å². The molecule has 2 aromatic heterocycles. The topological polar surface area (TPSA) is 84.2 Å². The van der Waals surface area contributed by atoms with Gasteiger partial charge in [0, 0.05) is 11.1 Å². The lowest BCUT2D eigenvalue weighted by atomic mass is 10.1. The molecule has 0 aliphatic carbocycles. The number of pyridine rings is 1. The smallest absolute Gasteiger partial charge is 0.256 e. The van der Waals surface area contributed by atoms with E-state index in [0.29, 0.717) is 22.6 Å². The van der Waals surface area contributed by atoms with Gasteiger partial charge in [0.15, 0.2) is 0 Å². The van der Waals surface area contributed by atoms with E-state index in [1.807, 2.05) is 31.2 Å². The number of hydrogen-bond acceptors (Lipinski definition) is 4. The molecule has 0 spiro atoms. The van der Waals surface area contributed by atoms with Crippen LogP contribution in [-0.2, 0) is 6.54 Å².